The summed E-state index contributed by atoms with van der Waals surface area (Å²) in [5.74, 6) is 1.45. The molecule has 23 heavy (non-hydrogen) atoms. The molecule has 1 aliphatic heterocycles. The third-order valence-electron chi connectivity index (χ3n) is 3.77. The molecule has 1 N–H and O–H groups in total. The van der Waals surface area contributed by atoms with Crippen LogP contribution in [0.3, 0.4) is 0 Å². The van der Waals surface area contributed by atoms with Crippen LogP contribution in [-0.4, -0.2) is 29.0 Å². The first-order valence-corrected chi connectivity index (χ1v) is 8.94. The highest BCUT2D eigenvalue weighted by Crippen LogP contribution is 2.21. The van der Waals surface area contributed by atoms with Crippen molar-refractivity contribution in [2.45, 2.75) is 32.7 Å². The predicted octanol–water partition coefficient (Wildman–Crippen LogP) is 3.42. The van der Waals surface area contributed by atoms with Crippen molar-refractivity contribution in [1.29, 1.82) is 0 Å². The standard InChI is InChI=1S/C16H19ClN4OS/c1-11-9-15(21-7-3-2-4-8-21)20-14(19-11)10-18-16(22)12-5-6-13(17)23-12/h5-6,9H,2-4,7-8,10H2,1H3,(H,18,22). The maximum Gasteiger partial charge on any atom is 0.261 e. The van der Waals surface area contributed by atoms with E-state index in [0.29, 0.717) is 21.6 Å². The summed E-state index contributed by atoms with van der Waals surface area (Å²) in [5.41, 5.74) is 0.920. The third-order valence-corrected chi connectivity index (χ3v) is 5.00. The number of aromatic nitrogens is 2. The molecule has 1 saturated heterocycles. The van der Waals surface area contributed by atoms with Crippen molar-refractivity contribution in [1.82, 2.24) is 15.3 Å². The molecule has 1 fully saturated rings. The molecule has 0 aliphatic carbocycles. The zero-order chi connectivity index (χ0) is 16.2. The lowest BCUT2D eigenvalue weighted by atomic mass is 10.1. The molecule has 0 radical (unpaired) electrons. The van der Waals surface area contributed by atoms with Gasteiger partial charge in [0.05, 0.1) is 15.8 Å². The first-order chi connectivity index (χ1) is 11.1. The molecule has 2 aromatic rings. The van der Waals surface area contributed by atoms with Gasteiger partial charge in [-0.15, -0.1) is 11.3 Å². The van der Waals surface area contributed by atoms with Gasteiger partial charge in [0, 0.05) is 24.8 Å². The minimum atomic E-state index is -0.147. The van der Waals surface area contributed by atoms with Gasteiger partial charge in [-0.1, -0.05) is 11.6 Å². The summed E-state index contributed by atoms with van der Waals surface area (Å²) in [6.07, 6.45) is 3.69. The van der Waals surface area contributed by atoms with Crippen molar-refractivity contribution < 1.29 is 4.79 Å². The van der Waals surface area contributed by atoms with Gasteiger partial charge in [0.25, 0.3) is 5.91 Å². The smallest absolute Gasteiger partial charge is 0.261 e. The first-order valence-electron chi connectivity index (χ1n) is 7.75. The van der Waals surface area contributed by atoms with Crippen LogP contribution >= 0.6 is 22.9 Å². The number of carbonyl (C=O) groups excluding carboxylic acids is 1. The van der Waals surface area contributed by atoms with E-state index in [1.54, 1.807) is 12.1 Å². The molecule has 2 aromatic heterocycles. The number of aryl methyl sites for hydroxylation is 1. The number of rotatable bonds is 4. The van der Waals surface area contributed by atoms with Gasteiger partial charge in [-0.3, -0.25) is 4.79 Å². The molecule has 3 rings (SSSR count). The van der Waals surface area contributed by atoms with Crippen molar-refractivity contribution >= 4 is 34.7 Å². The molecule has 0 unspecified atom stereocenters. The van der Waals surface area contributed by atoms with Gasteiger partial charge in [-0.05, 0) is 38.3 Å². The van der Waals surface area contributed by atoms with Crippen LogP contribution in [0.1, 0.15) is 40.5 Å². The Morgan fingerprint density at radius 3 is 2.78 bits per heavy atom. The third kappa shape index (κ3) is 4.20. The van der Waals surface area contributed by atoms with Gasteiger partial charge in [0.15, 0.2) is 0 Å². The molecule has 0 bridgehead atoms. The molecular weight excluding hydrogens is 332 g/mol. The molecule has 1 amide bonds. The van der Waals surface area contributed by atoms with Crippen LogP contribution in [0.15, 0.2) is 18.2 Å². The van der Waals surface area contributed by atoms with E-state index < -0.39 is 0 Å². The fraction of sp³-hybridized carbons (Fsp3) is 0.438. The van der Waals surface area contributed by atoms with Crippen molar-refractivity contribution in [2.24, 2.45) is 0 Å². The monoisotopic (exact) mass is 350 g/mol. The first kappa shape index (κ1) is 16.2. The average molecular weight is 351 g/mol. The lowest BCUT2D eigenvalue weighted by Gasteiger charge is -2.28. The SMILES string of the molecule is Cc1cc(N2CCCCC2)nc(CNC(=O)c2ccc(Cl)s2)n1. The molecule has 3 heterocycles. The lowest BCUT2D eigenvalue weighted by molar-refractivity contribution is 0.0954. The van der Waals surface area contributed by atoms with E-state index in [2.05, 4.69) is 20.2 Å². The Morgan fingerprint density at radius 2 is 2.09 bits per heavy atom. The van der Waals surface area contributed by atoms with Crippen LogP contribution in [0.25, 0.3) is 0 Å². The zero-order valence-electron chi connectivity index (χ0n) is 13.0. The average Bonchev–Trinajstić information content (AvgIpc) is 2.99. The molecule has 0 spiro atoms. The Hall–Kier alpha value is -1.66. The number of carbonyl (C=O) groups is 1. The van der Waals surface area contributed by atoms with E-state index in [1.807, 2.05) is 13.0 Å². The minimum Gasteiger partial charge on any atom is -0.357 e. The Morgan fingerprint density at radius 1 is 1.30 bits per heavy atom. The van der Waals surface area contributed by atoms with Crippen LogP contribution in [0.4, 0.5) is 5.82 Å². The Kier molecular flexibility index (Phi) is 5.13. The molecule has 1 aliphatic rings. The summed E-state index contributed by atoms with van der Waals surface area (Å²) in [4.78, 5) is 24.0. The number of hydrogen-bond donors (Lipinski definition) is 1. The minimum absolute atomic E-state index is 0.147. The van der Waals surface area contributed by atoms with Gasteiger partial charge in [-0.25, -0.2) is 9.97 Å². The topological polar surface area (TPSA) is 58.1 Å². The van der Waals surface area contributed by atoms with Crippen LogP contribution in [0.2, 0.25) is 4.34 Å². The van der Waals surface area contributed by atoms with E-state index in [-0.39, 0.29) is 5.91 Å². The van der Waals surface area contributed by atoms with E-state index in [1.165, 1.54) is 30.6 Å². The predicted molar refractivity (Wildman–Crippen MR) is 93.3 cm³/mol. The summed E-state index contributed by atoms with van der Waals surface area (Å²) in [6, 6.07) is 5.45. The zero-order valence-corrected chi connectivity index (χ0v) is 14.6. The number of piperidine rings is 1. The molecule has 0 aromatic carbocycles. The number of nitrogens with zero attached hydrogens (tertiary/aromatic N) is 3. The second kappa shape index (κ2) is 7.27. The largest absolute Gasteiger partial charge is 0.357 e. The summed E-state index contributed by atoms with van der Waals surface area (Å²) in [5, 5.41) is 2.86. The summed E-state index contributed by atoms with van der Waals surface area (Å²) in [6.45, 7) is 4.35. The highest BCUT2D eigenvalue weighted by molar-refractivity contribution is 7.17. The van der Waals surface area contributed by atoms with Crippen molar-refractivity contribution in [3.8, 4) is 0 Å². The van der Waals surface area contributed by atoms with E-state index in [0.717, 1.165) is 24.6 Å². The Bertz CT molecular complexity index is 697. The van der Waals surface area contributed by atoms with Crippen LogP contribution in [0, 0.1) is 6.92 Å². The van der Waals surface area contributed by atoms with Gasteiger partial charge in [0.2, 0.25) is 0 Å². The molecular formula is C16H19ClN4OS. The molecule has 0 atom stereocenters. The fourth-order valence-corrected chi connectivity index (χ4v) is 3.62. The normalized spacial score (nSPS) is 14.8. The van der Waals surface area contributed by atoms with Crippen molar-refractivity contribution in [3.05, 3.63) is 38.9 Å². The Labute approximate surface area is 144 Å². The molecule has 122 valence electrons. The lowest BCUT2D eigenvalue weighted by Crippen LogP contribution is -2.31. The summed E-state index contributed by atoms with van der Waals surface area (Å²) in [7, 11) is 0. The number of amides is 1. The van der Waals surface area contributed by atoms with Crippen LogP contribution < -0.4 is 10.2 Å². The second-order valence-electron chi connectivity index (χ2n) is 5.62. The van der Waals surface area contributed by atoms with E-state index >= 15 is 0 Å². The Balaban J connectivity index is 1.67. The van der Waals surface area contributed by atoms with Gasteiger partial charge in [-0.2, -0.15) is 0 Å². The number of halogens is 1. The number of nitrogens with one attached hydrogen (secondary N) is 1. The van der Waals surface area contributed by atoms with E-state index in [9.17, 15) is 4.79 Å². The number of anilines is 1. The van der Waals surface area contributed by atoms with Gasteiger partial charge in [0.1, 0.15) is 11.6 Å². The molecule has 0 saturated carbocycles. The second-order valence-corrected chi connectivity index (χ2v) is 7.33. The fourth-order valence-electron chi connectivity index (χ4n) is 2.66. The number of hydrogen-bond acceptors (Lipinski definition) is 5. The van der Waals surface area contributed by atoms with E-state index in [4.69, 9.17) is 11.6 Å². The van der Waals surface area contributed by atoms with Crippen molar-refractivity contribution in [3.63, 3.8) is 0 Å². The number of thiophene rings is 1. The quantitative estimate of drug-likeness (QED) is 0.917. The maximum absolute atomic E-state index is 12.1. The van der Waals surface area contributed by atoms with Gasteiger partial charge < -0.3 is 10.2 Å². The molecule has 5 nitrogen and oxygen atoms in total. The van der Waals surface area contributed by atoms with Gasteiger partial charge >= 0.3 is 0 Å². The highest BCUT2D eigenvalue weighted by Gasteiger charge is 2.14. The van der Waals surface area contributed by atoms with Crippen molar-refractivity contribution in [2.75, 3.05) is 18.0 Å². The summed E-state index contributed by atoms with van der Waals surface area (Å²) < 4.78 is 0.606. The maximum atomic E-state index is 12.1. The van der Waals surface area contributed by atoms with Crippen LogP contribution in [-0.2, 0) is 6.54 Å². The highest BCUT2D eigenvalue weighted by atomic mass is 35.5. The molecule has 7 heteroatoms. The summed E-state index contributed by atoms with van der Waals surface area (Å²) >= 11 is 7.12. The van der Waals surface area contributed by atoms with Crippen LogP contribution in [0.5, 0.6) is 0 Å².